The van der Waals surface area contributed by atoms with Crippen molar-refractivity contribution in [1.29, 1.82) is 0 Å². The third kappa shape index (κ3) is 3.87. The van der Waals surface area contributed by atoms with Crippen LogP contribution in [0.15, 0.2) is 4.99 Å². The highest BCUT2D eigenvalue weighted by molar-refractivity contribution is 5.79. The van der Waals surface area contributed by atoms with E-state index in [1.54, 1.807) is 0 Å². The molecule has 0 spiro atoms. The SMILES string of the molecule is CN(CC1CCCCC1)C(=NC1CCCC1)NN. The number of hydrazine groups is 1. The summed E-state index contributed by atoms with van der Waals surface area (Å²) in [6.07, 6.45) is 12.0. The van der Waals surface area contributed by atoms with Gasteiger partial charge >= 0.3 is 0 Å². The molecule has 3 N–H and O–H groups in total. The molecule has 0 unspecified atom stereocenters. The summed E-state index contributed by atoms with van der Waals surface area (Å²) in [4.78, 5) is 6.98. The maximum Gasteiger partial charge on any atom is 0.208 e. The minimum Gasteiger partial charge on any atom is -0.345 e. The van der Waals surface area contributed by atoms with Crippen LogP contribution in [0.25, 0.3) is 0 Å². The Kier molecular flexibility index (Phi) is 5.29. The van der Waals surface area contributed by atoms with Crippen molar-refractivity contribution in [2.24, 2.45) is 16.8 Å². The first-order valence-corrected chi connectivity index (χ1v) is 7.55. The van der Waals surface area contributed by atoms with Gasteiger partial charge in [0, 0.05) is 13.6 Å². The molecule has 0 atom stereocenters. The molecule has 4 nitrogen and oxygen atoms in total. The number of nitrogens with one attached hydrogen (secondary N) is 1. The maximum atomic E-state index is 5.63. The van der Waals surface area contributed by atoms with Gasteiger partial charge in [0.25, 0.3) is 0 Å². The van der Waals surface area contributed by atoms with Gasteiger partial charge in [0.2, 0.25) is 5.96 Å². The van der Waals surface area contributed by atoms with Crippen LogP contribution in [0, 0.1) is 5.92 Å². The molecule has 0 bridgehead atoms. The van der Waals surface area contributed by atoms with Gasteiger partial charge in [-0.25, -0.2) is 10.8 Å². The summed E-state index contributed by atoms with van der Waals surface area (Å²) in [5, 5.41) is 0. The van der Waals surface area contributed by atoms with Crippen LogP contribution in [0.2, 0.25) is 0 Å². The van der Waals surface area contributed by atoms with Crippen LogP contribution in [-0.4, -0.2) is 30.5 Å². The average molecular weight is 252 g/mol. The van der Waals surface area contributed by atoms with Crippen molar-refractivity contribution in [3.63, 3.8) is 0 Å². The molecule has 104 valence electrons. The fraction of sp³-hybridized carbons (Fsp3) is 0.929. The van der Waals surface area contributed by atoms with Crippen LogP contribution in [0.1, 0.15) is 57.8 Å². The fourth-order valence-electron chi connectivity index (χ4n) is 3.30. The van der Waals surface area contributed by atoms with Gasteiger partial charge in [-0.1, -0.05) is 32.1 Å². The molecule has 0 heterocycles. The van der Waals surface area contributed by atoms with E-state index >= 15 is 0 Å². The molecule has 0 aromatic heterocycles. The minimum absolute atomic E-state index is 0.491. The van der Waals surface area contributed by atoms with E-state index in [-0.39, 0.29) is 0 Å². The number of hydrogen-bond acceptors (Lipinski definition) is 2. The van der Waals surface area contributed by atoms with E-state index in [0.717, 1.165) is 18.4 Å². The monoisotopic (exact) mass is 252 g/mol. The summed E-state index contributed by atoms with van der Waals surface area (Å²) >= 11 is 0. The van der Waals surface area contributed by atoms with Crippen molar-refractivity contribution in [3.05, 3.63) is 0 Å². The van der Waals surface area contributed by atoms with Crippen molar-refractivity contribution in [3.8, 4) is 0 Å². The second kappa shape index (κ2) is 6.98. The maximum absolute atomic E-state index is 5.63. The predicted molar refractivity (Wildman–Crippen MR) is 76.2 cm³/mol. The first-order valence-electron chi connectivity index (χ1n) is 7.55. The van der Waals surface area contributed by atoms with Gasteiger partial charge in [0.1, 0.15) is 0 Å². The highest BCUT2D eigenvalue weighted by Crippen LogP contribution is 2.24. The van der Waals surface area contributed by atoms with Gasteiger partial charge in [-0.3, -0.25) is 5.43 Å². The lowest BCUT2D eigenvalue weighted by Crippen LogP contribution is -2.45. The number of aliphatic imine (C=N–C) groups is 1. The molecule has 2 saturated carbocycles. The molecule has 2 aliphatic carbocycles. The Bertz CT molecular complexity index is 265. The van der Waals surface area contributed by atoms with Crippen molar-refractivity contribution < 1.29 is 0 Å². The molecule has 0 aromatic carbocycles. The second-order valence-electron chi connectivity index (χ2n) is 5.92. The Morgan fingerprint density at radius 2 is 1.72 bits per heavy atom. The number of nitrogens with zero attached hydrogens (tertiary/aromatic N) is 2. The van der Waals surface area contributed by atoms with Crippen LogP contribution in [0.3, 0.4) is 0 Å². The van der Waals surface area contributed by atoms with Crippen LogP contribution in [0.5, 0.6) is 0 Å². The van der Waals surface area contributed by atoms with Gasteiger partial charge < -0.3 is 4.90 Å². The number of rotatable bonds is 3. The van der Waals surface area contributed by atoms with Gasteiger partial charge in [-0.05, 0) is 31.6 Å². The highest BCUT2D eigenvalue weighted by atomic mass is 15.4. The van der Waals surface area contributed by atoms with Crippen molar-refractivity contribution in [2.75, 3.05) is 13.6 Å². The Morgan fingerprint density at radius 1 is 1.11 bits per heavy atom. The molecule has 0 saturated heterocycles. The lowest BCUT2D eigenvalue weighted by molar-refractivity contribution is 0.291. The molecular formula is C14H28N4. The summed E-state index contributed by atoms with van der Waals surface area (Å²) < 4.78 is 0. The first-order chi connectivity index (χ1) is 8.79. The van der Waals surface area contributed by atoms with Crippen molar-refractivity contribution in [2.45, 2.75) is 63.8 Å². The zero-order valence-corrected chi connectivity index (χ0v) is 11.7. The van der Waals surface area contributed by atoms with E-state index in [1.165, 1.54) is 57.8 Å². The Morgan fingerprint density at radius 3 is 2.33 bits per heavy atom. The van der Waals surface area contributed by atoms with Gasteiger partial charge in [-0.2, -0.15) is 0 Å². The Balaban J connectivity index is 1.85. The van der Waals surface area contributed by atoms with E-state index in [9.17, 15) is 0 Å². The van der Waals surface area contributed by atoms with E-state index < -0.39 is 0 Å². The molecule has 0 aromatic rings. The number of hydrogen-bond donors (Lipinski definition) is 2. The Labute approximate surface area is 111 Å². The van der Waals surface area contributed by atoms with E-state index in [2.05, 4.69) is 17.4 Å². The molecule has 2 rings (SSSR count). The quantitative estimate of drug-likeness (QED) is 0.350. The van der Waals surface area contributed by atoms with E-state index in [4.69, 9.17) is 10.8 Å². The van der Waals surface area contributed by atoms with Crippen LogP contribution >= 0.6 is 0 Å². The number of guanidine groups is 1. The highest BCUT2D eigenvalue weighted by Gasteiger charge is 2.19. The second-order valence-corrected chi connectivity index (χ2v) is 5.92. The third-order valence-corrected chi connectivity index (χ3v) is 4.38. The molecule has 0 radical (unpaired) electrons. The number of nitrogens with two attached hydrogens (primary N) is 1. The van der Waals surface area contributed by atoms with Crippen LogP contribution in [-0.2, 0) is 0 Å². The van der Waals surface area contributed by atoms with E-state index in [1.807, 2.05) is 0 Å². The molecule has 0 aliphatic heterocycles. The van der Waals surface area contributed by atoms with Crippen molar-refractivity contribution in [1.82, 2.24) is 10.3 Å². The molecular weight excluding hydrogens is 224 g/mol. The molecule has 2 aliphatic rings. The normalized spacial score (nSPS) is 23.3. The largest absolute Gasteiger partial charge is 0.345 e. The summed E-state index contributed by atoms with van der Waals surface area (Å²) in [6.45, 7) is 1.09. The zero-order chi connectivity index (χ0) is 12.8. The predicted octanol–water partition coefficient (Wildman–Crippen LogP) is 2.26. The molecule has 0 amide bonds. The molecule has 4 heteroatoms. The summed E-state index contributed by atoms with van der Waals surface area (Å²) in [5.74, 6) is 7.34. The van der Waals surface area contributed by atoms with E-state index in [0.29, 0.717) is 6.04 Å². The summed E-state index contributed by atoms with van der Waals surface area (Å²) in [7, 11) is 2.11. The standard InChI is InChI=1S/C14H28N4/c1-18(11-12-7-3-2-4-8-12)14(17-15)16-13-9-5-6-10-13/h12-13H,2-11,15H2,1H3,(H,16,17). The smallest absolute Gasteiger partial charge is 0.208 e. The summed E-state index contributed by atoms with van der Waals surface area (Å²) in [5.41, 5.74) is 2.79. The van der Waals surface area contributed by atoms with Gasteiger partial charge in [0.15, 0.2) is 0 Å². The van der Waals surface area contributed by atoms with Crippen molar-refractivity contribution >= 4 is 5.96 Å². The fourth-order valence-corrected chi connectivity index (χ4v) is 3.30. The average Bonchev–Trinajstić information content (AvgIpc) is 2.90. The summed E-state index contributed by atoms with van der Waals surface area (Å²) in [6, 6.07) is 0.491. The van der Waals surface area contributed by atoms with Crippen LogP contribution in [0.4, 0.5) is 0 Å². The topological polar surface area (TPSA) is 53.6 Å². The van der Waals surface area contributed by atoms with Gasteiger partial charge in [-0.15, -0.1) is 0 Å². The van der Waals surface area contributed by atoms with Crippen LogP contribution < -0.4 is 11.3 Å². The third-order valence-electron chi connectivity index (χ3n) is 4.38. The minimum atomic E-state index is 0.491. The van der Waals surface area contributed by atoms with Gasteiger partial charge in [0.05, 0.1) is 6.04 Å². The molecule has 2 fully saturated rings. The molecule has 18 heavy (non-hydrogen) atoms. The first kappa shape index (κ1) is 13.7. The lowest BCUT2D eigenvalue weighted by atomic mass is 9.89. The zero-order valence-electron chi connectivity index (χ0n) is 11.7. The Hall–Kier alpha value is -0.770. The lowest BCUT2D eigenvalue weighted by Gasteiger charge is -2.29.